The first kappa shape index (κ1) is 17.5. The van der Waals surface area contributed by atoms with E-state index >= 15 is 0 Å². The topological polar surface area (TPSA) is 64.0 Å². The molecule has 0 unspecified atom stereocenters. The van der Waals surface area contributed by atoms with Crippen molar-refractivity contribution >= 4 is 11.6 Å². The van der Waals surface area contributed by atoms with Gasteiger partial charge in [-0.15, -0.1) is 0 Å². The highest BCUT2D eigenvalue weighted by Crippen LogP contribution is 2.14. The van der Waals surface area contributed by atoms with E-state index < -0.39 is 0 Å². The van der Waals surface area contributed by atoms with Gasteiger partial charge in [0.2, 0.25) is 5.91 Å². The van der Waals surface area contributed by atoms with Crippen molar-refractivity contribution < 1.29 is 9.18 Å². The summed E-state index contributed by atoms with van der Waals surface area (Å²) in [6.45, 7) is 0.344. The summed E-state index contributed by atoms with van der Waals surface area (Å²) in [5.74, 6) is -0.546. The van der Waals surface area contributed by atoms with Gasteiger partial charge in [0.15, 0.2) is 0 Å². The molecule has 6 heteroatoms. The Hall–Kier alpha value is -3.28. The third-order valence-corrected chi connectivity index (χ3v) is 3.84. The van der Waals surface area contributed by atoms with Crippen molar-refractivity contribution in [2.24, 2.45) is 0 Å². The minimum absolute atomic E-state index is 0.191. The average molecular weight is 351 g/mol. The van der Waals surface area contributed by atoms with Crippen molar-refractivity contribution in [2.75, 3.05) is 5.32 Å². The molecule has 0 aliphatic carbocycles. The fourth-order valence-corrected chi connectivity index (χ4v) is 2.52. The monoisotopic (exact) mass is 351 g/mol. The molecular formula is C20H18FN3O2. The fourth-order valence-electron chi connectivity index (χ4n) is 2.52. The van der Waals surface area contributed by atoms with Crippen molar-refractivity contribution in [1.82, 2.24) is 9.78 Å². The van der Waals surface area contributed by atoms with Gasteiger partial charge in [-0.2, -0.15) is 5.10 Å². The lowest BCUT2D eigenvalue weighted by atomic mass is 10.1. The molecule has 0 aliphatic rings. The second kappa shape index (κ2) is 8.20. The zero-order valence-electron chi connectivity index (χ0n) is 14.1. The highest BCUT2D eigenvalue weighted by molar-refractivity contribution is 5.90. The molecule has 132 valence electrons. The van der Waals surface area contributed by atoms with Crippen molar-refractivity contribution in [3.05, 3.63) is 82.9 Å². The van der Waals surface area contributed by atoms with E-state index in [0.29, 0.717) is 24.3 Å². The lowest BCUT2D eigenvalue weighted by Crippen LogP contribution is -2.23. The first-order chi connectivity index (χ1) is 12.6. The molecular weight excluding hydrogens is 333 g/mol. The summed E-state index contributed by atoms with van der Waals surface area (Å²) in [5.41, 5.74) is 1.97. The van der Waals surface area contributed by atoms with Crippen LogP contribution in [0.5, 0.6) is 0 Å². The molecule has 1 N–H and O–H groups in total. The Morgan fingerprint density at radius 1 is 1.00 bits per heavy atom. The van der Waals surface area contributed by atoms with Crippen molar-refractivity contribution in [1.29, 1.82) is 0 Å². The largest absolute Gasteiger partial charge is 0.326 e. The van der Waals surface area contributed by atoms with Crippen molar-refractivity contribution in [2.45, 2.75) is 19.4 Å². The maximum absolute atomic E-state index is 12.9. The van der Waals surface area contributed by atoms with Crippen LogP contribution in [0.3, 0.4) is 0 Å². The van der Waals surface area contributed by atoms with E-state index in [1.807, 2.05) is 30.3 Å². The number of aryl methyl sites for hydroxylation is 1. The van der Waals surface area contributed by atoms with Gasteiger partial charge in [-0.05, 0) is 36.8 Å². The summed E-state index contributed by atoms with van der Waals surface area (Å²) in [5, 5.41) is 7.06. The van der Waals surface area contributed by atoms with Crippen molar-refractivity contribution in [3.8, 4) is 11.3 Å². The van der Waals surface area contributed by atoms with Gasteiger partial charge in [0.25, 0.3) is 5.56 Å². The number of rotatable bonds is 6. The first-order valence-electron chi connectivity index (χ1n) is 8.31. The molecule has 0 bridgehead atoms. The molecule has 3 rings (SSSR count). The Balaban J connectivity index is 1.58. The predicted octanol–water partition coefficient (Wildman–Crippen LogP) is 3.47. The SMILES string of the molecule is O=C(CCCn1nc(-c2ccccc2)ccc1=O)Nc1ccc(F)cc1. The van der Waals surface area contributed by atoms with Gasteiger partial charge in [0.1, 0.15) is 5.82 Å². The van der Waals surface area contributed by atoms with Gasteiger partial charge < -0.3 is 5.32 Å². The minimum atomic E-state index is -0.355. The van der Waals surface area contributed by atoms with Gasteiger partial charge in [0, 0.05) is 30.3 Å². The predicted molar refractivity (Wildman–Crippen MR) is 98.2 cm³/mol. The average Bonchev–Trinajstić information content (AvgIpc) is 2.66. The number of carbonyl (C=O) groups is 1. The number of hydrogen-bond acceptors (Lipinski definition) is 3. The van der Waals surface area contributed by atoms with Crippen LogP contribution in [0.1, 0.15) is 12.8 Å². The van der Waals surface area contributed by atoms with Crippen LogP contribution in [0.2, 0.25) is 0 Å². The molecule has 1 aromatic heterocycles. The number of nitrogens with one attached hydrogen (secondary N) is 1. The van der Waals surface area contributed by atoms with Gasteiger partial charge in [0.05, 0.1) is 5.69 Å². The number of hydrogen-bond donors (Lipinski definition) is 1. The molecule has 0 spiro atoms. The smallest absolute Gasteiger partial charge is 0.266 e. The lowest BCUT2D eigenvalue weighted by Gasteiger charge is -2.08. The van der Waals surface area contributed by atoms with Gasteiger partial charge >= 0.3 is 0 Å². The van der Waals surface area contributed by atoms with Crippen LogP contribution in [-0.2, 0) is 11.3 Å². The van der Waals surface area contributed by atoms with Crippen LogP contribution in [-0.4, -0.2) is 15.7 Å². The third-order valence-electron chi connectivity index (χ3n) is 3.84. The Kier molecular flexibility index (Phi) is 5.53. The molecule has 26 heavy (non-hydrogen) atoms. The molecule has 1 heterocycles. The minimum Gasteiger partial charge on any atom is -0.326 e. The molecule has 5 nitrogen and oxygen atoms in total. The Labute approximate surface area is 150 Å². The number of benzene rings is 2. The van der Waals surface area contributed by atoms with Gasteiger partial charge in [-0.1, -0.05) is 30.3 Å². The van der Waals surface area contributed by atoms with E-state index in [2.05, 4.69) is 10.4 Å². The van der Waals surface area contributed by atoms with Crippen LogP contribution in [0.4, 0.5) is 10.1 Å². The second-order valence-corrected chi connectivity index (χ2v) is 5.80. The van der Waals surface area contributed by atoms with Crippen LogP contribution in [0.15, 0.2) is 71.5 Å². The number of anilines is 1. The Bertz CT molecular complexity index is 937. The third kappa shape index (κ3) is 4.63. The van der Waals surface area contributed by atoms with E-state index in [1.54, 1.807) is 6.07 Å². The summed E-state index contributed by atoms with van der Waals surface area (Å²) < 4.78 is 14.2. The van der Waals surface area contributed by atoms with E-state index in [1.165, 1.54) is 35.0 Å². The fraction of sp³-hybridized carbons (Fsp3) is 0.150. The standard InChI is InChI=1S/C20H18FN3O2/c21-16-8-10-17(11-9-16)22-19(25)7-4-14-24-20(26)13-12-18(23-24)15-5-2-1-3-6-15/h1-3,5-6,8-13H,4,7,14H2,(H,22,25). The highest BCUT2D eigenvalue weighted by Gasteiger charge is 2.06. The maximum Gasteiger partial charge on any atom is 0.266 e. The number of carbonyl (C=O) groups excluding carboxylic acids is 1. The molecule has 1 amide bonds. The maximum atomic E-state index is 12.9. The summed E-state index contributed by atoms with van der Waals surface area (Å²) in [6, 6.07) is 18.3. The van der Waals surface area contributed by atoms with E-state index in [-0.39, 0.29) is 23.7 Å². The lowest BCUT2D eigenvalue weighted by molar-refractivity contribution is -0.116. The van der Waals surface area contributed by atoms with Gasteiger partial charge in [-0.25, -0.2) is 9.07 Å². The number of halogens is 1. The van der Waals surface area contributed by atoms with E-state index in [9.17, 15) is 14.0 Å². The molecule has 0 atom stereocenters. The number of aromatic nitrogens is 2. The summed E-state index contributed by atoms with van der Waals surface area (Å²) in [6.07, 6.45) is 0.708. The Morgan fingerprint density at radius 2 is 1.73 bits per heavy atom. The van der Waals surface area contributed by atoms with Crippen LogP contribution >= 0.6 is 0 Å². The molecule has 0 radical (unpaired) electrons. The number of nitrogens with zero attached hydrogens (tertiary/aromatic N) is 2. The zero-order chi connectivity index (χ0) is 18.4. The van der Waals surface area contributed by atoms with Crippen LogP contribution < -0.4 is 10.9 Å². The second-order valence-electron chi connectivity index (χ2n) is 5.80. The zero-order valence-corrected chi connectivity index (χ0v) is 14.1. The van der Waals surface area contributed by atoms with Crippen LogP contribution in [0.25, 0.3) is 11.3 Å². The number of amides is 1. The quantitative estimate of drug-likeness (QED) is 0.740. The van der Waals surface area contributed by atoms with Gasteiger partial charge in [-0.3, -0.25) is 9.59 Å². The highest BCUT2D eigenvalue weighted by atomic mass is 19.1. The first-order valence-corrected chi connectivity index (χ1v) is 8.31. The summed E-state index contributed by atoms with van der Waals surface area (Å²) in [4.78, 5) is 23.9. The molecule has 0 fully saturated rings. The summed E-state index contributed by atoms with van der Waals surface area (Å²) in [7, 11) is 0. The summed E-state index contributed by atoms with van der Waals surface area (Å²) >= 11 is 0. The molecule has 3 aromatic rings. The normalized spacial score (nSPS) is 10.5. The Morgan fingerprint density at radius 3 is 2.46 bits per heavy atom. The molecule has 0 saturated heterocycles. The van der Waals surface area contributed by atoms with E-state index in [4.69, 9.17) is 0 Å². The molecule has 0 aliphatic heterocycles. The molecule has 2 aromatic carbocycles. The molecule has 0 saturated carbocycles. The van der Waals surface area contributed by atoms with Crippen LogP contribution in [0, 0.1) is 5.82 Å². The van der Waals surface area contributed by atoms with E-state index in [0.717, 1.165) is 5.56 Å². The van der Waals surface area contributed by atoms with Crippen molar-refractivity contribution in [3.63, 3.8) is 0 Å².